The van der Waals surface area contributed by atoms with Crippen LogP contribution in [0.5, 0.6) is 5.75 Å². The van der Waals surface area contributed by atoms with Crippen LogP contribution in [0.15, 0.2) is 24.3 Å². The molecule has 0 aliphatic carbocycles. The van der Waals surface area contributed by atoms with Crippen LogP contribution < -0.4 is 5.32 Å². The number of piperidine rings is 1. The second-order valence-corrected chi connectivity index (χ2v) is 5.43. The van der Waals surface area contributed by atoms with Gasteiger partial charge in [-0.3, -0.25) is 9.69 Å². The van der Waals surface area contributed by atoms with Gasteiger partial charge in [-0.25, -0.2) is 0 Å². The first-order valence-corrected chi connectivity index (χ1v) is 7.06. The highest BCUT2D eigenvalue weighted by atomic mass is 16.4. The van der Waals surface area contributed by atoms with Crippen molar-refractivity contribution in [3.8, 4) is 5.75 Å². The van der Waals surface area contributed by atoms with Crippen LogP contribution in [0.4, 0.5) is 0 Å². The molecule has 0 aromatic heterocycles. The number of benzene rings is 1. The molecule has 0 bridgehead atoms. The maximum atomic E-state index is 10.5. The monoisotopic (exact) mass is 278 g/mol. The zero-order valence-electron chi connectivity index (χ0n) is 11.6. The number of aliphatic carboxylic acids is 1. The van der Waals surface area contributed by atoms with Crippen LogP contribution in [0.1, 0.15) is 18.4 Å². The Morgan fingerprint density at radius 1 is 1.35 bits per heavy atom. The molecule has 0 radical (unpaired) electrons. The smallest absolute Gasteiger partial charge is 0.317 e. The molecule has 1 fully saturated rings. The SMILES string of the molecule is O=C(O)CNCC1CCCN(Cc2ccc(O)cc2)C1. The lowest BCUT2D eigenvalue weighted by Crippen LogP contribution is -2.40. The normalized spacial score (nSPS) is 19.9. The summed E-state index contributed by atoms with van der Waals surface area (Å²) in [6, 6.07) is 7.32. The lowest BCUT2D eigenvalue weighted by molar-refractivity contribution is -0.136. The van der Waals surface area contributed by atoms with Crippen LogP contribution >= 0.6 is 0 Å². The van der Waals surface area contributed by atoms with Crippen molar-refractivity contribution in [2.45, 2.75) is 19.4 Å². The van der Waals surface area contributed by atoms with E-state index in [1.54, 1.807) is 12.1 Å². The number of carbonyl (C=O) groups is 1. The lowest BCUT2D eigenvalue weighted by Gasteiger charge is -2.32. The zero-order chi connectivity index (χ0) is 14.4. The van der Waals surface area contributed by atoms with Gasteiger partial charge in [0.15, 0.2) is 0 Å². The Kier molecular flexibility index (Phi) is 5.38. The Morgan fingerprint density at radius 3 is 2.80 bits per heavy atom. The van der Waals surface area contributed by atoms with Gasteiger partial charge in [-0.05, 0) is 49.5 Å². The van der Waals surface area contributed by atoms with E-state index in [1.165, 1.54) is 5.56 Å². The quantitative estimate of drug-likeness (QED) is 0.731. The van der Waals surface area contributed by atoms with Gasteiger partial charge in [0.2, 0.25) is 0 Å². The van der Waals surface area contributed by atoms with E-state index in [-0.39, 0.29) is 6.54 Å². The fourth-order valence-electron chi connectivity index (χ4n) is 2.70. The van der Waals surface area contributed by atoms with Crippen LogP contribution in [-0.4, -0.2) is 47.3 Å². The predicted octanol–water partition coefficient (Wildman–Crippen LogP) is 1.28. The molecule has 110 valence electrons. The van der Waals surface area contributed by atoms with Crippen LogP contribution in [0, 0.1) is 5.92 Å². The molecule has 2 rings (SSSR count). The van der Waals surface area contributed by atoms with Gasteiger partial charge >= 0.3 is 5.97 Å². The summed E-state index contributed by atoms with van der Waals surface area (Å²) in [5.74, 6) is 0.00474. The van der Waals surface area contributed by atoms with Crippen LogP contribution in [0.25, 0.3) is 0 Å². The lowest BCUT2D eigenvalue weighted by atomic mass is 9.97. The van der Waals surface area contributed by atoms with E-state index in [2.05, 4.69) is 10.2 Å². The van der Waals surface area contributed by atoms with Crippen molar-refractivity contribution in [1.29, 1.82) is 0 Å². The Labute approximate surface area is 119 Å². The molecule has 1 atom stereocenters. The standard InChI is InChI=1S/C15H22N2O3/c18-14-5-3-12(4-6-14)10-17-7-1-2-13(11-17)8-16-9-15(19)20/h3-6,13,16,18H,1-2,7-11H2,(H,19,20). The maximum absolute atomic E-state index is 10.5. The summed E-state index contributed by atoms with van der Waals surface area (Å²) in [5, 5.41) is 20.9. The van der Waals surface area contributed by atoms with Crippen molar-refractivity contribution in [2.24, 2.45) is 5.92 Å². The van der Waals surface area contributed by atoms with Crippen LogP contribution in [0.2, 0.25) is 0 Å². The van der Waals surface area contributed by atoms with Gasteiger partial charge in [-0.1, -0.05) is 12.1 Å². The highest BCUT2D eigenvalue weighted by molar-refractivity contribution is 5.68. The summed E-state index contributed by atoms with van der Waals surface area (Å²) in [6.45, 7) is 3.76. The number of nitrogens with one attached hydrogen (secondary N) is 1. The van der Waals surface area contributed by atoms with Gasteiger partial charge in [0, 0.05) is 13.1 Å². The van der Waals surface area contributed by atoms with E-state index in [4.69, 9.17) is 5.11 Å². The molecule has 3 N–H and O–H groups in total. The molecule has 5 heteroatoms. The Hall–Kier alpha value is -1.59. The number of hydrogen-bond acceptors (Lipinski definition) is 4. The van der Waals surface area contributed by atoms with Crippen molar-refractivity contribution in [2.75, 3.05) is 26.2 Å². The molecule has 1 aliphatic heterocycles. The van der Waals surface area contributed by atoms with Gasteiger partial charge in [-0.2, -0.15) is 0 Å². The van der Waals surface area contributed by atoms with Crippen molar-refractivity contribution in [3.05, 3.63) is 29.8 Å². The number of hydrogen-bond donors (Lipinski definition) is 3. The first-order valence-electron chi connectivity index (χ1n) is 7.06. The minimum absolute atomic E-state index is 0.0362. The van der Waals surface area contributed by atoms with E-state index < -0.39 is 5.97 Å². The summed E-state index contributed by atoms with van der Waals surface area (Å²) >= 11 is 0. The van der Waals surface area contributed by atoms with E-state index in [1.807, 2.05) is 12.1 Å². The van der Waals surface area contributed by atoms with E-state index in [0.29, 0.717) is 11.7 Å². The molecule has 0 amide bonds. The van der Waals surface area contributed by atoms with Gasteiger partial charge in [0.05, 0.1) is 6.54 Å². The van der Waals surface area contributed by atoms with Crippen molar-refractivity contribution in [3.63, 3.8) is 0 Å². The molecule has 1 aromatic rings. The molecular formula is C15H22N2O3. The van der Waals surface area contributed by atoms with Crippen molar-refractivity contribution >= 4 is 5.97 Å². The van der Waals surface area contributed by atoms with E-state index in [0.717, 1.165) is 39.0 Å². The fourth-order valence-corrected chi connectivity index (χ4v) is 2.70. The summed E-state index contributed by atoms with van der Waals surface area (Å²) in [4.78, 5) is 12.9. The second kappa shape index (κ2) is 7.26. The van der Waals surface area contributed by atoms with Crippen LogP contribution in [-0.2, 0) is 11.3 Å². The summed E-state index contributed by atoms with van der Waals surface area (Å²) in [5.41, 5.74) is 1.20. The number of phenolic OH excluding ortho intramolecular Hbond substituents is 1. The largest absolute Gasteiger partial charge is 0.508 e. The zero-order valence-corrected chi connectivity index (χ0v) is 11.6. The average Bonchev–Trinajstić information content (AvgIpc) is 2.41. The number of rotatable bonds is 6. The highest BCUT2D eigenvalue weighted by Crippen LogP contribution is 2.19. The van der Waals surface area contributed by atoms with E-state index in [9.17, 15) is 9.90 Å². The molecule has 1 aliphatic rings. The molecule has 1 aromatic carbocycles. The Balaban J connectivity index is 1.78. The third-order valence-corrected chi connectivity index (χ3v) is 3.65. The van der Waals surface area contributed by atoms with Gasteiger partial charge in [0.1, 0.15) is 5.75 Å². The summed E-state index contributed by atoms with van der Waals surface area (Å²) in [7, 11) is 0. The minimum atomic E-state index is -0.804. The molecule has 0 spiro atoms. The van der Waals surface area contributed by atoms with E-state index >= 15 is 0 Å². The van der Waals surface area contributed by atoms with Crippen LogP contribution in [0.3, 0.4) is 0 Å². The summed E-state index contributed by atoms with van der Waals surface area (Å²) in [6.07, 6.45) is 2.30. The number of phenols is 1. The highest BCUT2D eigenvalue weighted by Gasteiger charge is 2.19. The maximum Gasteiger partial charge on any atom is 0.317 e. The third-order valence-electron chi connectivity index (χ3n) is 3.65. The van der Waals surface area contributed by atoms with Crippen molar-refractivity contribution < 1.29 is 15.0 Å². The first kappa shape index (κ1) is 14.8. The fraction of sp³-hybridized carbons (Fsp3) is 0.533. The number of carboxylic acid groups (broad SMARTS) is 1. The average molecular weight is 278 g/mol. The van der Waals surface area contributed by atoms with Gasteiger partial charge < -0.3 is 15.5 Å². The molecule has 0 saturated carbocycles. The number of likely N-dealkylation sites (tertiary alicyclic amines) is 1. The topological polar surface area (TPSA) is 72.8 Å². The molecule has 1 saturated heterocycles. The number of aromatic hydroxyl groups is 1. The number of carboxylic acids is 1. The van der Waals surface area contributed by atoms with Gasteiger partial charge in [0.25, 0.3) is 0 Å². The number of nitrogens with zero attached hydrogens (tertiary/aromatic N) is 1. The molecule has 1 heterocycles. The minimum Gasteiger partial charge on any atom is -0.508 e. The molecule has 1 unspecified atom stereocenters. The Morgan fingerprint density at radius 2 is 2.10 bits per heavy atom. The van der Waals surface area contributed by atoms with Crippen molar-refractivity contribution in [1.82, 2.24) is 10.2 Å². The third kappa shape index (κ3) is 4.83. The predicted molar refractivity (Wildman–Crippen MR) is 76.6 cm³/mol. The van der Waals surface area contributed by atoms with Gasteiger partial charge in [-0.15, -0.1) is 0 Å². The molecule has 5 nitrogen and oxygen atoms in total. The Bertz CT molecular complexity index is 433. The second-order valence-electron chi connectivity index (χ2n) is 5.43. The molecule has 20 heavy (non-hydrogen) atoms. The summed E-state index contributed by atoms with van der Waals surface area (Å²) < 4.78 is 0. The molecular weight excluding hydrogens is 256 g/mol. The first-order chi connectivity index (χ1) is 9.63.